The van der Waals surface area contributed by atoms with E-state index in [1.807, 2.05) is 49.4 Å². The van der Waals surface area contributed by atoms with Crippen molar-refractivity contribution in [2.45, 2.75) is 12.1 Å². The lowest BCUT2D eigenvalue weighted by Gasteiger charge is -2.11. The number of rotatable bonds is 9. The molecule has 29 heavy (non-hydrogen) atoms. The molecule has 3 aromatic rings. The van der Waals surface area contributed by atoms with Crippen molar-refractivity contribution in [2.75, 3.05) is 26.0 Å². The third kappa shape index (κ3) is 5.65. The molecule has 0 bridgehead atoms. The highest BCUT2D eigenvalue weighted by atomic mass is 35.5. The van der Waals surface area contributed by atoms with Gasteiger partial charge in [0, 0.05) is 5.02 Å². The summed E-state index contributed by atoms with van der Waals surface area (Å²) in [5.41, 5.74) is 1.84. The predicted molar refractivity (Wildman–Crippen MR) is 113 cm³/mol. The highest BCUT2D eigenvalue weighted by Gasteiger charge is 2.11. The number of aromatic nitrogens is 3. The molecule has 1 amide bonds. The van der Waals surface area contributed by atoms with Gasteiger partial charge in [-0.05, 0) is 36.8 Å². The first kappa shape index (κ1) is 21.0. The van der Waals surface area contributed by atoms with Crippen molar-refractivity contribution in [3.05, 3.63) is 59.4 Å². The standard InChI is InChI=1S/C20H21ClN4O3S/c1-14-7-8-15(11-16(14)21)25-13-23-24-20(25)29-12-19(26)22-9-10-28-18-6-4-3-5-17(18)27-2/h3-8,11,13H,9-10,12H2,1-2H3,(H,22,26). The van der Waals surface area contributed by atoms with Gasteiger partial charge in [-0.3, -0.25) is 9.36 Å². The molecule has 152 valence electrons. The Balaban J connectivity index is 1.47. The van der Waals surface area contributed by atoms with Crippen molar-refractivity contribution < 1.29 is 14.3 Å². The van der Waals surface area contributed by atoms with Gasteiger partial charge in [-0.2, -0.15) is 0 Å². The fourth-order valence-corrected chi connectivity index (χ4v) is 3.44. The minimum absolute atomic E-state index is 0.116. The summed E-state index contributed by atoms with van der Waals surface area (Å²) in [6.45, 7) is 2.67. The van der Waals surface area contributed by atoms with Gasteiger partial charge in [0.25, 0.3) is 0 Å². The number of nitrogens with one attached hydrogen (secondary N) is 1. The van der Waals surface area contributed by atoms with Crippen LogP contribution in [0, 0.1) is 6.92 Å². The van der Waals surface area contributed by atoms with E-state index in [-0.39, 0.29) is 11.7 Å². The zero-order valence-corrected chi connectivity index (χ0v) is 17.7. The van der Waals surface area contributed by atoms with Crippen LogP contribution in [0.5, 0.6) is 11.5 Å². The van der Waals surface area contributed by atoms with Crippen LogP contribution in [0.1, 0.15) is 5.56 Å². The summed E-state index contributed by atoms with van der Waals surface area (Å²) >= 11 is 7.50. The van der Waals surface area contributed by atoms with Crippen LogP contribution in [0.25, 0.3) is 5.69 Å². The Kier molecular flexibility index (Phi) is 7.37. The van der Waals surface area contributed by atoms with Crippen LogP contribution < -0.4 is 14.8 Å². The Morgan fingerprint density at radius 2 is 2.03 bits per heavy atom. The topological polar surface area (TPSA) is 78.3 Å². The number of benzene rings is 2. The monoisotopic (exact) mass is 432 g/mol. The van der Waals surface area contributed by atoms with Gasteiger partial charge in [-0.1, -0.05) is 41.6 Å². The van der Waals surface area contributed by atoms with Crippen molar-refractivity contribution in [2.24, 2.45) is 0 Å². The van der Waals surface area contributed by atoms with Crippen LogP contribution >= 0.6 is 23.4 Å². The van der Waals surface area contributed by atoms with Gasteiger partial charge in [-0.25, -0.2) is 0 Å². The van der Waals surface area contributed by atoms with Crippen molar-refractivity contribution in [1.29, 1.82) is 0 Å². The van der Waals surface area contributed by atoms with Gasteiger partial charge >= 0.3 is 0 Å². The molecule has 0 aliphatic rings. The van der Waals surface area contributed by atoms with Gasteiger partial charge in [-0.15, -0.1) is 10.2 Å². The molecule has 0 radical (unpaired) electrons. The molecule has 1 aromatic heterocycles. The van der Waals surface area contributed by atoms with E-state index in [0.717, 1.165) is 11.3 Å². The molecule has 1 heterocycles. The summed E-state index contributed by atoms with van der Waals surface area (Å²) in [6.07, 6.45) is 1.60. The summed E-state index contributed by atoms with van der Waals surface area (Å²) in [5.74, 6) is 1.40. The zero-order valence-electron chi connectivity index (χ0n) is 16.1. The van der Waals surface area contributed by atoms with Crippen LogP contribution in [-0.4, -0.2) is 46.7 Å². The first-order chi connectivity index (χ1) is 14.1. The van der Waals surface area contributed by atoms with Crippen molar-refractivity contribution >= 4 is 29.3 Å². The summed E-state index contributed by atoms with van der Waals surface area (Å²) < 4.78 is 12.7. The van der Waals surface area contributed by atoms with Crippen LogP contribution in [-0.2, 0) is 4.79 Å². The number of carbonyl (C=O) groups is 1. The van der Waals surface area contributed by atoms with Crippen molar-refractivity contribution in [3.63, 3.8) is 0 Å². The molecule has 3 rings (SSSR count). The maximum atomic E-state index is 12.1. The van der Waals surface area contributed by atoms with Crippen molar-refractivity contribution in [3.8, 4) is 17.2 Å². The average molecular weight is 433 g/mol. The highest BCUT2D eigenvalue weighted by Crippen LogP contribution is 2.25. The lowest BCUT2D eigenvalue weighted by Crippen LogP contribution is -2.29. The Morgan fingerprint density at radius 1 is 1.24 bits per heavy atom. The number of ether oxygens (including phenoxy) is 2. The van der Waals surface area contributed by atoms with Crippen LogP contribution in [0.15, 0.2) is 53.9 Å². The quantitative estimate of drug-likeness (QED) is 0.411. The van der Waals surface area contributed by atoms with Gasteiger partial charge in [0.2, 0.25) is 5.91 Å². The summed E-state index contributed by atoms with van der Waals surface area (Å²) in [4.78, 5) is 12.1. The number of hydrogen-bond donors (Lipinski definition) is 1. The van der Waals surface area contributed by atoms with E-state index in [0.29, 0.717) is 34.8 Å². The lowest BCUT2D eigenvalue weighted by atomic mass is 10.2. The Hall–Kier alpha value is -2.71. The maximum absolute atomic E-state index is 12.1. The Morgan fingerprint density at radius 3 is 2.79 bits per heavy atom. The summed E-state index contributed by atoms with van der Waals surface area (Å²) in [5, 5.41) is 12.1. The number of hydrogen-bond acceptors (Lipinski definition) is 6. The molecular formula is C20H21ClN4O3S. The average Bonchev–Trinajstić information content (AvgIpc) is 3.20. The number of amides is 1. The number of carbonyl (C=O) groups excluding carboxylic acids is 1. The first-order valence-corrected chi connectivity index (χ1v) is 10.3. The van der Waals surface area contributed by atoms with Crippen LogP contribution in [0.2, 0.25) is 5.02 Å². The van der Waals surface area contributed by atoms with Crippen LogP contribution in [0.3, 0.4) is 0 Å². The molecule has 9 heteroatoms. The number of nitrogens with zero attached hydrogens (tertiary/aromatic N) is 3. The molecule has 1 N–H and O–H groups in total. The SMILES string of the molecule is COc1ccccc1OCCNC(=O)CSc1nncn1-c1ccc(C)c(Cl)c1. The molecule has 0 saturated heterocycles. The van der Waals surface area contributed by atoms with Gasteiger partial charge in [0.15, 0.2) is 16.7 Å². The molecule has 0 fully saturated rings. The minimum atomic E-state index is -0.116. The van der Waals surface area contributed by atoms with E-state index in [4.69, 9.17) is 21.1 Å². The fourth-order valence-electron chi connectivity index (χ4n) is 2.50. The van der Waals surface area contributed by atoms with Gasteiger partial charge < -0.3 is 14.8 Å². The molecule has 0 atom stereocenters. The van der Waals surface area contributed by atoms with Crippen LogP contribution in [0.4, 0.5) is 0 Å². The number of methoxy groups -OCH3 is 1. The summed E-state index contributed by atoms with van der Waals surface area (Å²) in [6, 6.07) is 13.1. The van der Waals surface area contributed by atoms with Gasteiger partial charge in [0.1, 0.15) is 12.9 Å². The number of para-hydroxylation sites is 2. The second kappa shape index (κ2) is 10.2. The van der Waals surface area contributed by atoms with Gasteiger partial charge in [0.05, 0.1) is 25.1 Å². The molecule has 7 nitrogen and oxygen atoms in total. The molecule has 2 aromatic carbocycles. The smallest absolute Gasteiger partial charge is 0.230 e. The molecular weight excluding hydrogens is 412 g/mol. The van der Waals surface area contributed by atoms with E-state index < -0.39 is 0 Å². The Bertz CT molecular complexity index is 980. The zero-order chi connectivity index (χ0) is 20.6. The normalized spacial score (nSPS) is 10.6. The number of thioether (sulfide) groups is 1. The third-order valence-electron chi connectivity index (χ3n) is 4.03. The molecule has 0 saturated carbocycles. The molecule has 0 aliphatic carbocycles. The lowest BCUT2D eigenvalue weighted by molar-refractivity contribution is -0.118. The second-order valence-corrected chi connectivity index (χ2v) is 7.40. The van der Waals surface area contributed by atoms with E-state index in [9.17, 15) is 4.79 Å². The minimum Gasteiger partial charge on any atom is -0.493 e. The van der Waals surface area contributed by atoms with E-state index in [1.54, 1.807) is 18.0 Å². The fraction of sp³-hybridized carbons (Fsp3) is 0.250. The van der Waals surface area contributed by atoms with E-state index >= 15 is 0 Å². The maximum Gasteiger partial charge on any atom is 0.230 e. The molecule has 0 aliphatic heterocycles. The second-order valence-electron chi connectivity index (χ2n) is 6.05. The Labute approximate surface area is 178 Å². The number of halogens is 1. The number of aryl methyl sites for hydroxylation is 1. The molecule has 0 spiro atoms. The first-order valence-electron chi connectivity index (χ1n) is 8.90. The summed E-state index contributed by atoms with van der Waals surface area (Å²) in [7, 11) is 1.59. The predicted octanol–water partition coefficient (Wildman–Crippen LogP) is 3.53. The van der Waals surface area contributed by atoms with Crippen molar-refractivity contribution in [1.82, 2.24) is 20.1 Å². The highest BCUT2D eigenvalue weighted by molar-refractivity contribution is 7.99. The van der Waals surface area contributed by atoms with E-state index in [2.05, 4.69) is 15.5 Å². The van der Waals surface area contributed by atoms with E-state index in [1.165, 1.54) is 11.8 Å². The molecule has 0 unspecified atom stereocenters. The largest absolute Gasteiger partial charge is 0.493 e. The third-order valence-corrected chi connectivity index (χ3v) is 5.38.